The normalized spacial score (nSPS) is 14.5. The first-order chi connectivity index (χ1) is 14.5. The number of hydrogen-bond acceptors (Lipinski definition) is 4. The zero-order valence-corrected chi connectivity index (χ0v) is 19.8. The molecule has 2 aromatic rings. The highest BCUT2D eigenvalue weighted by Crippen LogP contribution is 2.44. The van der Waals surface area contributed by atoms with Crippen molar-refractivity contribution in [1.29, 1.82) is 0 Å². The smallest absolute Gasteiger partial charge is 0.407 e. The van der Waals surface area contributed by atoms with Gasteiger partial charge in [-0.3, -0.25) is 0 Å². The van der Waals surface area contributed by atoms with Crippen LogP contribution in [-0.4, -0.2) is 44.7 Å². The molecule has 166 valence electrons. The largest absolute Gasteiger partial charge is 0.479 e. The third-order valence-corrected chi connectivity index (χ3v) is 10.8. The maximum absolute atomic E-state index is 12.3. The third-order valence-electron chi connectivity index (χ3n) is 6.29. The summed E-state index contributed by atoms with van der Waals surface area (Å²) in [5, 5.41) is 12.0. The summed E-state index contributed by atoms with van der Waals surface area (Å²) in [7, 11) is -2.29. The number of ether oxygens (including phenoxy) is 1. The van der Waals surface area contributed by atoms with Gasteiger partial charge in [0, 0.05) is 5.92 Å². The molecule has 1 aliphatic carbocycles. The SMILES string of the molecule is CC(C)(C)[Si](C)(C)OC(CNC(=O)OCC1c2ccccc2-c2ccccc21)C(=O)O. The van der Waals surface area contributed by atoms with Gasteiger partial charge in [-0.05, 0) is 40.4 Å². The lowest BCUT2D eigenvalue weighted by Crippen LogP contribution is -2.49. The topological polar surface area (TPSA) is 84.9 Å². The summed E-state index contributed by atoms with van der Waals surface area (Å²) in [5.41, 5.74) is 4.56. The van der Waals surface area contributed by atoms with Gasteiger partial charge in [-0.25, -0.2) is 9.59 Å². The maximum atomic E-state index is 12.3. The molecule has 0 bridgehead atoms. The molecule has 1 aliphatic rings. The Labute approximate surface area is 184 Å². The van der Waals surface area contributed by atoms with Crippen LogP contribution in [0.2, 0.25) is 18.1 Å². The quantitative estimate of drug-likeness (QED) is 0.591. The number of carboxylic acid groups (broad SMARTS) is 1. The maximum Gasteiger partial charge on any atom is 0.407 e. The van der Waals surface area contributed by atoms with Crippen molar-refractivity contribution in [1.82, 2.24) is 5.32 Å². The number of nitrogens with one attached hydrogen (secondary N) is 1. The minimum absolute atomic E-state index is 0.0445. The molecule has 1 atom stereocenters. The lowest BCUT2D eigenvalue weighted by molar-refractivity contribution is -0.145. The number of carboxylic acids is 1. The van der Waals surface area contributed by atoms with Crippen molar-refractivity contribution in [3.05, 3.63) is 59.7 Å². The Hall–Kier alpha value is -2.64. The molecule has 3 rings (SSSR count). The van der Waals surface area contributed by atoms with Crippen molar-refractivity contribution in [2.45, 2.75) is 50.9 Å². The van der Waals surface area contributed by atoms with E-state index in [1.807, 2.05) is 58.1 Å². The summed E-state index contributed by atoms with van der Waals surface area (Å²) in [5.74, 6) is -1.14. The van der Waals surface area contributed by atoms with E-state index in [0.29, 0.717) is 0 Å². The average molecular weight is 442 g/mol. The Morgan fingerprint density at radius 2 is 1.55 bits per heavy atom. The van der Waals surface area contributed by atoms with Gasteiger partial charge in [0.25, 0.3) is 0 Å². The molecule has 0 aromatic heterocycles. The summed E-state index contributed by atoms with van der Waals surface area (Å²) in [6.45, 7) is 10.1. The molecule has 2 aromatic carbocycles. The second kappa shape index (κ2) is 8.84. The number of benzene rings is 2. The molecule has 6 nitrogen and oxygen atoms in total. The van der Waals surface area contributed by atoms with Gasteiger partial charge in [0.1, 0.15) is 6.61 Å². The van der Waals surface area contributed by atoms with Crippen molar-refractivity contribution in [2.24, 2.45) is 0 Å². The monoisotopic (exact) mass is 441 g/mol. The molecule has 1 unspecified atom stereocenters. The third kappa shape index (κ3) is 4.99. The number of carbonyl (C=O) groups excluding carboxylic acids is 1. The standard InChI is InChI=1S/C24H31NO5Si/c1-24(2,3)31(4,5)30-21(22(26)27)14-25-23(28)29-15-20-18-12-8-6-10-16(18)17-11-7-9-13-19(17)20/h6-13,20-21H,14-15H2,1-5H3,(H,25,28)(H,26,27). The minimum Gasteiger partial charge on any atom is -0.479 e. The number of rotatable bonds is 7. The first kappa shape index (κ1) is 23.0. The molecule has 0 fully saturated rings. The number of carbonyl (C=O) groups is 2. The molecule has 0 saturated heterocycles. The zero-order valence-electron chi connectivity index (χ0n) is 18.8. The van der Waals surface area contributed by atoms with Crippen LogP contribution in [0.1, 0.15) is 37.8 Å². The van der Waals surface area contributed by atoms with Gasteiger partial charge in [0.2, 0.25) is 0 Å². The molecular formula is C24H31NO5Si. The van der Waals surface area contributed by atoms with Crippen LogP contribution in [-0.2, 0) is 14.0 Å². The highest BCUT2D eigenvalue weighted by atomic mass is 28.4. The number of alkyl carbamates (subject to hydrolysis) is 1. The van der Waals surface area contributed by atoms with Crippen LogP contribution in [0.5, 0.6) is 0 Å². The Morgan fingerprint density at radius 3 is 2.03 bits per heavy atom. The van der Waals surface area contributed by atoms with Gasteiger partial charge in [-0.2, -0.15) is 0 Å². The van der Waals surface area contributed by atoms with E-state index >= 15 is 0 Å². The molecule has 0 spiro atoms. The first-order valence-corrected chi connectivity index (χ1v) is 13.4. The van der Waals surface area contributed by atoms with E-state index in [1.165, 1.54) is 0 Å². The highest BCUT2D eigenvalue weighted by Gasteiger charge is 2.41. The molecule has 0 heterocycles. The summed E-state index contributed by atoms with van der Waals surface area (Å²) >= 11 is 0. The molecule has 2 N–H and O–H groups in total. The van der Waals surface area contributed by atoms with E-state index in [0.717, 1.165) is 22.3 Å². The average Bonchev–Trinajstić information content (AvgIpc) is 3.02. The van der Waals surface area contributed by atoms with Gasteiger partial charge in [-0.15, -0.1) is 0 Å². The second-order valence-corrected chi connectivity index (χ2v) is 14.2. The molecular weight excluding hydrogens is 410 g/mol. The lowest BCUT2D eigenvalue weighted by atomic mass is 9.98. The highest BCUT2D eigenvalue weighted by molar-refractivity contribution is 6.74. The Bertz CT molecular complexity index is 921. The summed E-state index contributed by atoms with van der Waals surface area (Å²) in [4.78, 5) is 24.0. The minimum atomic E-state index is -2.29. The van der Waals surface area contributed by atoms with Crippen molar-refractivity contribution in [3.8, 4) is 11.1 Å². The number of aliphatic carboxylic acids is 1. The van der Waals surface area contributed by atoms with Crippen molar-refractivity contribution < 1.29 is 23.9 Å². The number of hydrogen-bond donors (Lipinski definition) is 2. The van der Waals surface area contributed by atoms with Crippen LogP contribution in [0.15, 0.2) is 48.5 Å². The van der Waals surface area contributed by atoms with E-state index in [1.54, 1.807) is 0 Å². The van der Waals surface area contributed by atoms with E-state index < -0.39 is 26.5 Å². The molecule has 0 aliphatic heterocycles. The van der Waals surface area contributed by atoms with E-state index in [2.05, 4.69) is 29.6 Å². The van der Waals surface area contributed by atoms with Crippen LogP contribution >= 0.6 is 0 Å². The van der Waals surface area contributed by atoms with Gasteiger partial charge in [0.05, 0.1) is 6.54 Å². The Morgan fingerprint density at radius 1 is 1.03 bits per heavy atom. The zero-order chi connectivity index (χ0) is 22.8. The Balaban J connectivity index is 1.61. The molecule has 1 amide bonds. The van der Waals surface area contributed by atoms with Crippen LogP contribution in [0.3, 0.4) is 0 Å². The van der Waals surface area contributed by atoms with Crippen LogP contribution in [0.4, 0.5) is 4.79 Å². The van der Waals surface area contributed by atoms with Crippen LogP contribution < -0.4 is 5.32 Å². The molecule has 0 radical (unpaired) electrons. The molecule has 31 heavy (non-hydrogen) atoms. The van der Waals surface area contributed by atoms with Crippen molar-refractivity contribution in [3.63, 3.8) is 0 Å². The van der Waals surface area contributed by atoms with Crippen LogP contribution in [0.25, 0.3) is 11.1 Å². The lowest BCUT2D eigenvalue weighted by Gasteiger charge is -2.38. The number of fused-ring (bicyclic) bond motifs is 3. The molecule has 0 saturated carbocycles. The van der Waals surface area contributed by atoms with Gasteiger partial charge in [-0.1, -0.05) is 69.3 Å². The fourth-order valence-electron chi connectivity index (χ4n) is 3.54. The molecule has 7 heteroatoms. The van der Waals surface area contributed by atoms with Crippen LogP contribution in [0, 0.1) is 0 Å². The number of amides is 1. The Kier molecular flexibility index (Phi) is 6.57. The van der Waals surface area contributed by atoms with Gasteiger partial charge >= 0.3 is 12.1 Å². The fourth-order valence-corrected chi connectivity index (χ4v) is 4.79. The van der Waals surface area contributed by atoms with Gasteiger partial charge in [0.15, 0.2) is 14.4 Å². The predicted molar refractivity (Wildman–Crippen MR) is 123 cm³/mol. The van der Waals surface area contributed by atoms with Crippen molar-refractivity contribution >= 4 is 20.4 Å². The van der Waals surface area contributed by atoms with E-state index in [4.69, 9.17) is 9.16 Å². The summed E-state index contributed by atoms with van der Waals surface area (Å²) in [6, 6.07) is 16.2. The summed E-state index contributed by atoms with van der Waals surface area (Å²) in [6.07, 6.45) is -1.76. The van der Waals surface area contributed by atoms with E-state index in [-0.39, 0.29) is 24.1 Å². The fraction of sp³-hybridized carbons (Fsp3) is 0.417. The first-order valence-electron chi connectivity index (χ1n) is 10.5. The summed E-state index contributed by atoms with van der Waals surface area (Å²) < 4.78 is 11.4. The van der Waals surface area contributed by atoms with Gasteiger partial charge < -0.3 is 19.6 Å². The second-order valence-electron chi connectivity index (χ2n) is 9.41. The predicted octanol–water partition coefficient (Wildman–Crippen LogP) is 5.00. The van der Waals surface area contributed by atoms with Crippen molar-refractivity contribution in [2.75, 3.05) is 13.2 Å². The van der Waals surface area contributed by atoms with E-state index in [9.17, 15) is 14.7 Å².